The number of nitrogens with zero attached hydrogens (tertiary/aromatic N) is 4. The number of aromatic nitrogens is 2. The molecule has 1 aliphatic heterocycles. The molecular weight excluding hydrogens is 383 g/mol. The van der Waals surface area contributed by atoms with Crippen LogP contribution < -0.4 is 9.80 Å². The molecule has 1 aromatic carbocycles. The zero-order valence-corrected chi connectivity index (χ0v) is 16.8. The number of fused-ring (bicyclic) bond motifs is 1. The molecule has 1 fully saturated rings. The van der Waals surface area contributed by atoms with Crippen molar-refractivity contribution in [3.05, 3.63) is 71.2 Å². The summed E-state index contributed by atoms with van der Waals surface area (Å²) in [5, 5.41) is 0. The predicted molar refractivity (Wildman–Crippen MR) is 112 cm³/mol. The van der Waals surface area contributed by atoms with E-state index in [0.717, 1.165) is 17.1 Å². The number of carbonyl (C=O) groups is 1. The fourth-order valence-corrected chi connectivity index (χ4v) is 4.48. The van der Waals surface area contributed by atoms with Gasteiger partial charge >= 0.3 is 0 Å². The lowest BCUT2D eigenvalue weighted by molar-refractivity contribution is 0.0958. The molecule has 0 spiro atoms. The maximum Gasteiger partial charge on any atom is 0.225 e. The summed E-state index contributed by atoms with van der Waals surface area (Å²) in [5.74, 6) is 1.36. The van der Waals surface area contributed by atoms with Crippen molar-refractivity contribution in [3.63, 3.8) is 0 Å². The van der Waals surface area contributed by atoms with E-state index in [1.54, 1.807) is 12.3 Å². The molecule has 0 radical (unpaired) electrons. The molecule has 1 saturated heterocycles. The van der Waals surface area contributed by atoms with Crippen molar-refractivity contribution >= 4 is 17.4 Å². The molecule has 3 aromatic rings. The molecule has 2 aliphatic rings. The van der Waals surface area contributed by atoms with E-state index >= 15 is 0 Å². The van der Waals surface area contributed by atoms with Crippen molar-refractivity contribution in [3.8, 4) is 0 Å². The molecule has 154 valence electrons. The third kappa shape index (κ3) is 3.34. The van der Waals surface area contributed by atoms with E-state index in [-0.39, 0.29) is 17.5 Å². The number of halogens is 1. The highest BCUT2D eigenvalue weighted by Gasteiger charge is 2.32. The largest absolute Gasteiger partial charge is 0.469 e. The van der Waals surface area contributed by atoms with Crippen LogP contribution in [-0.4, -0.2) is 41.9 Å². The molecule has 7 heteroatoms. The molecule has 3 heterocycles. The normalized spacial score (nSPS) is 19.1. The number of piperazine rings is 1. The number of ketones is 1. The first-order valence-corrected chi connectivity index (χ1v) is 10.3. The van der Waals surface area contributed by atoms with Crippen LogP contribution in [-0.2, 0) is 6.42 Å². The smallest absolute Gasteiger partial charge is 0.225 e. The van der Waals surface area contributed by atoms with Crippen molar-refractivity contribution in [2.75, 3.05) is 36.0 Å². The van der Waals surface area contributed by atoms with Gasteiger partial charge in [0.25, 0.3) is 0 Å². The molecule has 5 rings (SSSR count). The summed E-state index contributed by atoms with van der Waals surface area (Å²) in [6.07, 6.45) is 2.73. The number of carbonyl (C=O) groups excluding carboxylic acids is 1. The maximum absolute atomic E-state index is 14.1. The molecule has 0 unspecified atom stereocenters. The summed E-state index contributed by atoms with van der Waals surface area (Å²) in [6.45, 7) is 4.65. The molecule has 0 bridgehead atoms. The van der Waals surface area contributed by atoms with Crippen LogP contribution in [0.1, 0.15) is 39.8 Å². The minimum Gasteiger partial charge on any atom is -0.469 e. The lowest BCUT2D eigenvalue weighted by Gasteiger charge is -2.36. The Bertz CT molecular complexity index is 1070. The van der Waals surface area contributed by atoms with Gasteiger partial charge in [-0.15, -0.1) is 0 Å². The zero-order valence-electron chi connectivity index (χ0n) is 16.8. The minimum atomic E-state index is -0.200. The fraction of sp³-hybridized carbons (Fsp3) is 0.348. The van der Waals surface area contributed by atoms with E-state index < -0.39 is 0 Å². The van der Waals surface area contributed by atoms with Gasteiger partial charge in [-0.1, -0.05) is 12.1 Å². The minimum absolute atomic E-state index is 0.0139. The summed E-state index contributed by atoms with van der Waals surface area (Å²) in [5.41, 5.74) is 2.82. The van der Waals surface area contributed by atoms with Gasteiger partial charge in [-0.25, -0.2) is 14.4 Å². The third-order valence-electron chi connectivity index (χ3n) is 6.00. The van der Waals surface area contributed by atoms with Gasteiger partial charge in [-0.05, 0) is 31.2 Å². The number of benzene rings is 1. The summed E-state index contributed by atoms with van der Waals surface area (Å²) >= 11 is 0. The standard InChI is InChI=1S/C23H23FN4O2/c1-15-22-18(13-16(14-20(22)29)21-7-4-12-30-21)26-23(25-15)28-10-8-27(9-11-28)19-6-3-2-5-17(19)24/h2-7,12,16H,8-11,13-14H2,1H3/t16-/m1/s1. The van der Waals surface area contributed by atoms with Gasteiger partial charge in [0.05, 0.1) is 28.9 Å². The molecule has 6 nitrogen and oxygen atoms in total. The van der Waals surface area contributed by atoms with Gasteiger partial charge < -0.3 is 14.2 Å². The first-order valence-electron chi connectivity index (χ1n) is 10.3. The van der Waals surface area contributed by atoms with Gasteiger partial charge in [0.1, 0.15) is 11.6 Å². The Kier molecular flexibility index (Phi) is 4.73. The monoisotopic (exact) mass is 406 g/mol. The molecule has 0 saturated carbocycles. The zero-order chi connectivity index (χ0) is 20.7. The lowest BCUT2D eigenvalue weighted by Crippen LogP contribution is -2.47. The summed E-state index contributed by atoms with van der Waals surface area (Å²) in [6, 6.07) is 10.6. The van der Waals surface area contributed by atoms with Crippen molar-refractivity contribution in [1.29, 1.82) is 0 Å². The van der Waals surface area contributed by atoms with E-state index in [1.807, 2.05) is 36.1 Å². The highest BCUT2D eigenvalue weighted by molar-refractivity contribution is 5.99. The van der Waals surface area contributed by atoms with Crippen LogP contribution in [0.5, 0.6) is 0 Å². The van der Waals surface area contributed by atoms with Gasteiger partial charge in [0.2, 0.25) is 5.95 Å². The molecule has 1 atom stereocenters. The summed E-state index contributed by atoms with van der Waals surface area (Å²) < 4.78 is 19.6. The molecule has 1 aliphatic carbocycles. The fourth-order valence-electron chi connectivity index (χ4n) is 4.48. The van der Waals surface area contributed by atoms with Crippen molar-refractivity contribution < 1.29 is 13.6 Å². The van der Waals surface area contributed by atoms with Crippen LogP contribution >= 0.6 is 0 Å². The van der Waals surface area contributed by atoms with Crippen LogP contribution in [0.2, 0.25) is 0 Å². The van der Waals surface area contributed by atoms with Crippen molar-refractivity contribution in [2.24, 2.45) is 0 Å². The SMILES string of the molecule is Cc1nc(N2CCN(c3ccccc3F)CC2)nc2c1C(=O)C[C@H](c1ccco1)C2. The number of hydrogen-bond donors (Lipinski definition) is 0. The van der Waals surface area contributed by atoms with Gasteiger partial charge in [0, 0.05) is 44.9 Å². The number of aryl methyl sites for hydroxylation is 1. The van der Waals surface area contributed by atoms with Crippen molar-refractivity contribution in [2.45, 2.75) is 25.7 Å². The van der Waals surface area contributed by atoms with E-state index in [0.29, 0.717) is 56.2 Å². The number of furan rings is 1. The molecular formula is C23H23FN4O2. The van der Waals surface area contributed by atoms with Gasteiger partial charge in [0.15, 0.2) is 5.78 Å². The first-order chi connectivity index (χ1) is 14.6. The highest BCUT2D eigenvalue weighted by atomic mass is 19.1. The summed E-state index contributed by atoms with van der Waals surface area (Å²) in [7, 11) is 0. The Balaban J connectivity index is 1.37. The molecule has 0 N–H and O–H groups in total. The average Bonchev–Trinajstić information content (AvgIpc) is 3.29. The second-order valence-corrected chi connectivity index (χ2v) is 7.90. The van der Waals surface area contributed by atoms with E-state index in [4.69, 9.17) is 9.40 Å². The quantitative estimate of drug-likeness (QED) is 0.660. The Morgan fingerprint density at radius 2 is 1.77 bits per heavy atom. The van der Waals surface area contributed by atoms with Gasteiger partial charge in [-0.3, -0.25) is 4.79 Å². The number of hydrogen-bond acceptors (Lipinski definition) is 6. The second-order valence-electron chi connectivity index (χ2n) is 7.90. The topological polar surface area (TPSA) is 62.5 Å². The van der Waals surface area contributed by atoms with Crippen molar-refractivity contribution in [1.82, 2.24) is 9.97 Å². The first kappa shape index (κ1) is 18.8. The number of anilines is 2. The highest BCUT2D eigenvalue weighted by Crippen LogP contribution is 2.34. The number of Topliss-reactive ketones (excluding diaryl/α,β-unsaturated/α-hetero) is 1. The Morgan fingerprint density at radius 3 is 2.50 bits per heavy atom. The van der Waals surface area contributed by atoms with Gasteiger partial charge in [-0.2, -0.15) is 0 Å². The molecule has 30 heavy (non-hydrogen) atoms. The Hall–Kier alpha value is -3.22. The Labute approximate surface area is 174 Å². The molecule has 2 aromatic heterocycles. The second kappa shape index (κ2) is 7.55. The number of para-hydroxylation sites is 1. The lowest BCUT2D eigenvalue weighted by atomic mass is 9.84. The third-order valence-corrected chi connectivity index (χ3v) is 6.00. The van der Waals surface area contributed by atoms with Crippen LogP contribution in [0.15, 0.2) is 47.1 Å². The maximum atomic E-state index is 14.1. The van der Waals surface area contributed by atoms with Crippen LogP contribution in [0, 0.1) is 12.7 Å². The average molecular weight is 406 g/mol. The summed E-state index contributed by atoms with van der Waals surface area (Å²) in [4.78, 5) is 26.3. The van der Waals surface area contributed by atoms with Crippen LogP contribution in [0.3, 0.4) is 0 Å². The number of rotatable bonds is 3. The van der Waals surface area contributed by atoms with Crippen LogP contribution in [0.25, 0.3) is 0 Å². The van der Waals surface area contributed by atoms with Crippen LogP contribution in [0.4, 0.5) is 16.0 Å². The molecule has 0 amide bonds. The predicted octanol–water partition coefficient (Wildman–Crippen LogP) is 3.76. The van der Waals surface area contributed by atoms with E-state index in [1.165, 1.54) is 6.07 Å². The van der Waals surface area contributed by atoms with E-state index in [2.05, 4.69) is 9.88 Å². The Morgan fingerprint density at radius 1 is 1.00 bits per heavy atom. The van der Waals surface area contributed by atoms with E-state index in [9.17, 15) is 9.18 Å².